The third-order valence-electron chi connectivity index (χ3n) is 5.09. The fourth-order valence-electron chi connectivity index (χ4n) is 3.45. The van der Waals surface area contributed by atoms with Crippen molar-refractivity contribution in [3.05, 3.63) is 54.1 Å². The molecule has 0 aliphatic carbocycles. The normalized spacial score (nSPS) is 15.6. The number of anilines is 1. The molecular weight excluding hydrogens is 465 g/mol. The van der Waals surface area contributed by atoms with E-state index in [1.807, 2.05) is 0 Å². The van der Waals surface area contributed by atoms with Gasteiger partial charge in [-0.3, -0.25) is 4.79 Å². The van der Waals surface area contributed by atoms with Gasteiger partial charge in [0.2, 0.25) is 15.9 Å². The molecule has 0 radical (unpaired) electrons. The molecule has 1 N–H and O–H groups in total. The number of ether oxygens (including phenoxy) is 2. The number of carbonyl (C=O) groups is 2. The maximum Gasteiger partial charge on any atom is 0.573 e. The molecule has 0 saturated carbocycles. The molecular formula is C21H21F3N2O6S. The van der Waals surface area contributed by atoms with Crippen LogP contribution in [0.3, 0.4) is 0 Å². The largest absolute Gasteiger partial charge is 0.573 e. The number of sulfonamides is 1. The lowest BCUT2D eigenvalue weighted by atomic mass is 9.97. The van der Waals surface area contributed by atoms with Gasteiger partial charge in [-0.2, -0.15) is 4.31 Å². The van der Waals surface area contributed by atoms with Gasteiger partial charge in [0.25, 0.3) is 0 Å². The van der Waals surface area contributed by atoms with Crippen molar-refractivity contribution in [3.8, 4) is 5.75 Å². The van der Waals surface area contributed by atoms with Gasteiger partial charge >= 0.3 is 12.3 Å². The molecule has 2 aromatic rings. The minimum Gasteiger partial charge on any atom is -0.465 e. The zero-order valence-electron chi connectivity index (χ0n) is 17.5. The molecule has 1 aliphatic heterocycles. The van der Waals surface area contributed by atoms with Crippen LogP contribution in [0.25, 0.3) is 0 Å². The first-order valence-corrected chi connectivity index (χ1v) is 11.3. The maximum atomic E-state index is 13.1. The molecule has 33 heavy (non-hydrogen) atoms. The van der Waals surface area contributed by atoms with Crippen LogP contribution in [-0.2, 0) is 19.6 Å². The number of esters is 1. The Morgan fingerprint density at radius 2 is 1.64 bits per heavy atom. The smallest absolute Gasteiger partial charge is 0.465 e. The predicted molar refractivity (Wildman–Crippen MR) is 111 cm³/mol. The van der Waals surface area contributed by atoms with E-state index in [1.54, 1.807) is 0 Å². The van der Waals surface area contributed by atoms with E-state index in [-0.39, 0.29) is 48.0 Å². The quantitative estimate of drug-likeness (QED) is 0.628. The van der Waals surface area contributed by atoms with Gasteiger partial charge in [-0.1, -0.05) is 12.1 Å². The van der Waals surface area contributed by atoms with Gasteiger partial charge in [0.15, 0.2) is 0 Å². The molecule has 2 aromatic carbocycles. The maximum absolute atomic E-state index is 13.1. The SMILES string of the molecule is COC(=O)c1ccccc1S(=O)(=O)N1CCC(C(=O)Nc2ccc(OC(F)(F)F)cc2)CC1. The van der Waals surface area contributed by atoms with Crippen LogP contribution in [0.15, 0.2) is 53.4 Å². The minimum atomic E-state index is -4.81. The van der Waals surface area contributed by atoms with Gasteiger partial charge in [0.1, 0.15) is 5.75 Å². The molecule has 0 bridgehead atoms. The highest BCUT2D eigenvalue weighted by atomic mass is 32.2. The summed E-state index contributed by atoms with van der Waals surface area (Å²) >= 11 is 0. The summed E-state index contributed by atoms with van der Waals surface area (Å²) in [6, 6.07) is 10.4. The van der Waals surface area contributed by atoms with Crippen LogP contribution in [0.2, 0.25) is 0 Å². The van der Waals surface area contributed by atoms with Crippen LogP contribution in [0.5, 0.6) is 5.75 Å². The van der Waals surface area contributed by atoms with Crippen LogP contribution in [0.1, 0.15) is 23.2 Å². The summed E-state index contributed by atoms with van der Waals surface area (Å²) < 4.78 is 72.5. The zero-order valence-corrected chi connectivity index (χ0v) is 18.3. The minimum absolute atomic E-state index is 0.0638. The summed E-state index contributed by atoms with van der Waals surface area (Å²) in [5.41, 5.74) is 0.217. The van der Waals surface area contributed by atoms with E-state index in [2.05, 4.69) is 14.8 Å². The Morgan fingerprint density at radius 1 is 1.03 bits per heavy atom. The Kier molecular flexibility index (Phi) is 7.28. The molecule has 8 nitrogen and oxygen atoms in total. The molecule has 0 spiro atoms. The van der Waals surface area contributed by atoms with Crippen molar-refractivity contribution in [2.75, 3.05) is 25.5 Å². The third-order valence-corrected chi connectivity index (χ3v) is 7.05. The third kappa shape index (κ3) is 6.02. The van der Waals surface area contributed by atoms with Crippen LogP contribution in [-0.4, -0.2) is 51.2 Å². The lowest BCUT2D eigenvalue weighted by Crippen LogP contribution is -2.41. The van der Waals surface area contributed by atoms with E-state index in [9.17, 15) is 31.2 Å². The molecule has 1 fully saturated rings. The topological polar surface area (TPSA) is 102 Å². The first kappa shape index (κ1) is 24.5. The highest BCUT2D eigenvalue weighted by Crippen LogP contribution is 2.28. The summed E-state index contributed by atoms with van der Waals surface area (Å²) in [6.45, 7) is 0.128. The van der Waals surface area contributed by atoms with E-state index in [1.165, 1.54) is 40.7 Å². The molecule has 1 amide bonds. The number of methoxy groups -OCH3 is 1. The first-order chi connectivity index (χ1) is 15.5. The van der Waals surface area contributed by atoms with Gasteiger partial charge in [-0.15, -0.1) is 13.2 Å². The standard InChI is InChI=1S/C21H21F3N2O6S/c1-31-20(28)17-4-2-3-5-18(17)33(29,30)26-12-10-14(11-13-26)19(27)25-15-6-8-16(9-7-15)32-21(22,23)24/h2-9,14H,10-13H2,1H3,(H,25,27). The number of hydrogen-bond donors (Lipinski definition) is 1. The number of amides is 1. The Morgan fingerprint density at radius 3 is 2.21 bits per heavy atom. The molecule has 0 aromatic heterocycles. The number of carbonyl (C=O) groups excluding carboxylic acids is 2. The van der Waals surface area contributed by atoms with Crippen LogP contribution in [0.4, 0.5) is 18.9 Å². The predicted octanol–water partition coefficient (Wildman–Crippen LogP) is 3.41. The Hall–Kier alpha value is -3.12. The van der Waals surface area contributed by atoms with E-state index in [4.69, 9.17) is 0 Å². The second-order valence-corrected chi connectivity index (χ2v) is 9.13. The summed E-state index contributed by atoms with van der Waals surface area (Å²) in [6.07, 6.45) is -4.34. The average molecular weight is 486 g/mol. The number of halogens is 3. The van der Waals surface area contributed by atoms with E-state index >= 15 is 0 Å². The monoisotopic (exact) mass is 486 g/mol. The number of nitrogens with zero attached hydrogens (tertiary/aromatic N) is 1. The average Bonchev–Trinajstić information content (AvgIpc) is 2.79. The lowest BCUT2D eigenvalue weighted by molar-refractivity contribution is -0.274. The fourth-order valence-corrected chi connectivity index (χ4v) is 5.10. The number of hydrogen-bond acceptors (Lipinski definition) is 6. The van der Waals surface area contributed by atoms with E-state index in [0.717, 1.165) is 19.2 Å². The molecule has 12 heteroatoms. The Labute approximate surface area is 188 Å². The summed E-state index contributed by atoms with van der Waals surface area (Å²) in [5.74, 6) is -2.04. The zero-order chi connectivity index (χ0) is 24.2. The van der Waals surface area contributed by atoms with Gasteiger partial charge in [-0.25, -0.2) is 13.2 Å². The Bertz CT molecular complexity index is 1110. The van der Waals surface area contributed by atoms with Crippen molar-refractivity contribution in [2.24, 2.45) is 5.92 Å². The number of nitrogens with one attached hydrogen (secondary N) is 1. The van der Waals surface area contributed by atoms with Crippen molar-refractivity contribution >= 4 is 27.6 Å². The summed E-state index contributed by atoms with van der Waals surface area (Å²) in [5, 5.41) is 2.61. The summed E-state index contributed by atoms with van der Waals surface area (Å²) in [7, 11) is -2.82. The van der Waals surface area contributed by atoms with Gasteiger partial charge in [-0.05, 0) is 49.2 Å². The van der Waals surface area contributed by atoms with Crippen molar-refractivity contribution < 1.29 is 40.7 Å². The first-order valence-electron chi connectivity index (χ1n) is 9.85. The Balaban J connectivity index is 1.62. The number of benzene rings is 2. The molecule has 178 valence electrons. The second kappa shape index (κ2) is 9.79. The van der Waals surface area contributed by atoms with Crippen LogP contribution < -0.4 is 10.1 Å². The van der Waals surface area contributed by atoms with Crippen molar-refractivity contribution in [1.29, 1.82) is 0 Å². The van der Waals surface area contributed by atoms with Crippen molar-refractivity contribution in [2.45, 2.75) is 24.1 Å². The molecule has 0 atom stereocenters. The van der Waals surface area contributed by atoms with Crippen molar-refractivity contribution in [1.82, 2.24) is 4.31 Å². The number of rotatable bonds is 6. The van der Waals surface area contributed by atoms with Crippen LogP contribution >= 0.6 is 0 Å². The molecule has 1 aliphatic rings. The van der Waals surface area contributed by atoms with Crippen molar-refractivity contribution in [3.63, 3.8) is 0 Å². The second-order valence-electron chi connectivity index (χ2n) is 7.23. The highest BCUT2D eigenvalue weighted by Gasteiger charge is 2.34. The molecule has 1 heterocycles. The fraction of sp³-hybridized carbons (Fsp3) is 0.333. The van der Waals surface area contributed by atoms with E-state index < -0.39 is 34.0 Å². The highest BCUT2D eigenvalue weighted by molar-refractivity contribution is 7.89. The number of piperidine rings is 1. The van der Waals surface area contributed by atoms with E-state index in [0.29, 0.717) is 0 Å². The molecule has 1 saturated heterocycles. The molecule has 3 rings (SSSR count). The lowest BCUT2D eigenvalue weighted by Gasteiger charge is -2.31. The van der Waals surface area contributed by atoms with Gasteiger partial charge in [0, 0.05) is 24.7 Å². The number of alkyl halides is 3. The van der Waals surface area contributed by atoms with Crippen LogP contribution in [0, 0.1) is 5.92 Å². The molecule has 0 unspecified atom stereocenters. The summed E-state index contributed by atoms with van der Waals surface area (Å²) in [4.78, 5) is 24.3. The van der Waals surface area contributed by atoms with Gasteiger partial charge < -0.3 is 14.8 Å². The van der Waals surface area contributed by atoms with Gasteiger partial charge in [0.05, 0.1) is 17.6 Å².